The minimum Gasteiger partial charge on any atom is -0.348 e. The second-order valence-corrected chi connectivity index (χ2v) is 6.22. The average Bonchev–Trinajstić information content (AvgIpc) is 3.34. The van der Waals surface area contributed by atoms with Gasteiger partial charge in [-0.1, -0.05) is 0 Å². The molecule has 8 nitrogen and oxygen atoms in total. The van der Waals surface area contributed by atoms with Crippen LogP contribution < -0.4 is 5.32 Å². The first kappa shape index (κ1) is 14.6. The van der Waals surface area contributed by atoms with Gasteiger partial charge in [0.05, 0.1) is 30.5 Å². The maximum Gasteiger partial charge on any atom is 0.243 e. The number of carbonyl (C=O) groups is 1. The van der Waals surface area contributed by atoms with Crippen LogP contribution in [0.25, 0.3) is 0 Å². The standard InChI is InChI=1S/C16H17N7O/c17-10-16(3-4-16)14(24)23-7-2-11-12(21-22-13(11)9-23)8-20-15-18-5-1-6-19-15/h1,5-6H,2-4,7-9H2,(H,21,22)(H,18,19,20). The van der Waals surface area contributed by atoms with Crippen LogP contribution >= 0.6 is 0 Å². The number of nitrogens with zero attached hydrogens (tertiary/aromatic N) is 5. The van der Waals surface area contributed by atoms with Crippen molar-refractivity contribution in [1.82, 2.24) is 25.1 Å². The summed E-state index contributed by atoms with van der Waals surface area (Å²) in [6.45, 7) is 1.65. The molecule has 2 aromatic heterocycles. The van der Waals surface area contributed by atoms with Crippen LogP contribution in [0.15, 0.2) is 18.5 Å². The Hall–Kier alpha value is -2.95. The predicted octanol–water partition coefficient (Wildman–Crippen LogP) is 1.00. The molecule has 3 heterocycles. The van der Waals surface area contributed by atoms with Crippen LogP contribution in [-0.4, -0.2) is 37.5 Å². The van der Waals surface area contributed by atoms with Gasteiger partial charge in [-0.3, -0.25) is 9.89 Å². The normalized spacial score (nSPS) is 17.7. The summed E-state index contributed by atoms with van der Waals surface area (Å²) in [7, 11) is 0. The number of nitrogens with one attached hydrogen (secondary N) is 2. The van der Waals surface area contributed by atoms with Crippen molar-refractivity contribution in [2.24, 2.45) is 5.41 Å². The summed E-state index contributed by atoms with van der Waals surface area (Å²) in [5.41, 5.74) is 2.26. The predicted molar refractivity (Wildman–Crippen MR) is 84.3 cm³/mol. The molecule has 8 heteroatoms. The molecule has 1 saturated carbocycles. The van der Waals surface area contributed by atoms with Crippen molar-refractivity contribution in [3.63, 3.8) is 0 Å². The molecule has 1 aliphatic carbocycles. The van der Waals surface area contributed by atoms with Gasteiger partial charge < -0.3 is 10.2 Å². The lowest BCUT2D eigenvalue weighted by Gasteiger charge is -2.28. The largest absolute Gasteiger partial charge is 0.348 e. The van der Waals surface area contributed by atoms with E-state index in [9.17, 15) is 10.1 Å². The van der Waals surface area contributed by atoms with Gasteiger partial charge in [0.1, 0.15) is 5.41 Å². The fourth-order valence-electron chi connectivity index (χ4n) is 3.06. The van der Waals surface area contributed by atoms with E-state index in [1.807, 2.05) is 0 Å². The molecule has 0 aromatic carbocycles. The lowest BCUT2D eigenvalue weighted by molar-refractivity contribution is -0.135. The number of rotatable bonds is 4. The quantitative estimate of drug-likeness (QED) is 0.868. The van der Waals surface area contributed by atoms with Gasteiger partial charge in [0, 0.05) is 24.5 Å². The van der Waals surface area contributed by atoms with E-state index in [2.05, 4.69) is 31.6 Å². The highest BCUT2D eigenvalue weighted by Gasteiger charge is 2.52. The maximum atomic E-state index is 12.5. The molecule has 24 heavy (non-hydrogen) atoms. The topological polar surface area (TPSA) is 111 Å². The molecule has 0 unspecified atom stereocenters. The summed E-state index contributed by atoms with van der Waals surface area (Å²) in [5.74, 6) is 0.522. The molecule has 1 fully saturated rings. The van der Waals surface area contributed by atoms with Gasteiger partial charge in [-0.2, -0.15) is 10.4 Å². The molecule has 2 aliphatic rings. The molecular formula is C16H17N7O. The highest BCUT2D eigenvalue weighted by Crippen LogP contribution is 2.47. The minimum absolute atomic E-state index is 0.0392. The molecule has 1 aliphatic heterocycles. The summed E-state index contributed by atoms with van der Waals surface area (Å²) in [5, 5.41) is 19.7. The lowest BCUT2D eigenvalue weighted by Crippen LogP contribution is -2.40. The molecule has 0 radical (unpaired) electrons. The molecule has 0 saturated heterocycles. The van der Waals surface area contributed by atoms with E-state index in [4.69, 9.17) is 0 Å². The summed E-state index contributed by atoms with van der Waals surface area (Å²) in [4.78, 5) is 22.5. The highest BCUT2D eigenvalue weighted by atomic mass is 16.2. The number of fused-ring (bicyclic) bond motifs is 1. The minimum atomic E-state index is -0.757. The third-order valence-corrected chi connectivity index (χ3v) is 4.66. The Kier molecular flexibility index (Phi) is 3.41. The second-order valence-electron chi connectivity index (χ2n) is 6.22. The molecular weight excluding hydrogens is 306 g/mol. The Labute approximate surface area is 138 Å². The van der Waals surface area contributed by atoms with Crippen LogP contribution in [-0.2, 0) is 24.3 Å². The third-order valence-electron chi connectivity index (χ3n) is 4.66. The van der Waals surface area contributed by atoms with Crippen molar-refractivity contribution in [2.45, 2.75) is 32.4 Å². The average molecular weight is 323 g/mol. The third kappa shape index (κ3) is 2.48. The number of amides is 1. The van der Waals surface area contributed by atoms with Gasteiger partial charge in [-0.15, -0.1) is 0 Å². The van der Waals surface area contributed by atoms with Crippen molar-refractivity contribution in [3.8, 4) is 6.07 Å². The molecule has 4 rings (SSSR count). The van der Waals surface area contributed by atoms with Crippen molar-refractivity contribution in [1.29, 1.82) is 5.26 Å². The Morgan fingerprint density at radius 3 is 2.92 bits per heavy atom. The molecule has 0 spiro atoms. The van der Waals surface area contributed by atoms with Crippen LogP contribution in [0.3, 0.4) is 0 Å². The number of hydrogen-bond donors (Lipinski definition) is 2. The second kappa shape index (κ2) is 5.60. The maximum absolute atomic E-state index is 12.5. The molecule has 1 amide bonds. The highest BCUT2D eigenvalue weighted by molar-refractivity contribution is 5.88. The van der Waals surface area contributed by atoms with Gasteiger partial charge in [0.25, 0.3) is 0 Å². The van der Waals surface area contributed by atoms with Crippen LogP contribution in [0, 0.1) is 16.7 Å². The fourth-order valence-corrected chi connectivity index (χ4v) is 3.06. The van der Waals surface area contributed by atoms with Crippen molar-refractivity contribution < 1.29 is 4.79 Å². The fraction of sp³-hybridized carbons (Fsp3) is 0.438. The molecule has 0 atom stereocenters. The first-order valence-electron chi connectivity index (χ1n) is 7.98. The summed E-state index contributed by atoms with van der Waals surface area (Å²) < 4.78 is 0. The Morgan fingerprint density at radius 2 is 2.21 bits per heavy atom. The van der Waals surface area contributed by atoms with E-state index >= 15 is 0 Å². The smallest absolute Gasteiger partial charge is 0.243 e. The number of hydrogen-bond acceptors (Lipinski definition) is 6. The Morgan fingerprint density at radius 1 is 1.42 bits per heavy atom. The van der Waals surface area contributed by atoms with Crippen molar-refractivity contribution >= 4 is 11.9 Å². The summed E-state index contributed by atoms with van der Waals surface area (Å²) in [6, 6.07) is 3.94. The first-order valence-corrected chi connectivity index (χ1v) is 7.98. The first-order chi connectivity index (χ1) is 11.7. The molecule has 2 N–H and O–H groups in total. The lowest BCUT2D eigenvalue weighted by atomic mass is 10.0. The van der Waals surface area contributed by atoms with Crippen LogP contribution in [0.5, 0.6) is 0 Å². The Balaban J connectivity index is 1.44. The molecule has 2 aromatic rings. The van der Waals surface area contributed by atoms with Crippen molar-refractivity contribution in [2.75, 3.05) is 11.9 Å². The molecule has 122 valence electrons. The number of nitriles is 1. The van der Waals surface area contributed by atoms with Crippen LogP contribution in [0.1, 0.15) is 29.8 Å². The van der Waals surface area contributed by atoms with Gasteiger partial charge in [-0.05, 0) is 25.3 Å². The number of aromatic amines is 1. The van der Waals surface area contributed by atoms with E-state index in [1.165, 1.54) is 0 Å². The SMILES string of the molecule is N#CC1(C(=O)N2CCc3c(CNc4ncccn4)n[nH]c3C2)CC1. The van der Waals surface area contributed by atoms with E-state index in [0.717, 1.165) is 23.4 Å². The summed E-state index contributed by atoms with van der Waals surface area (Å²) >= 11 is 0. The molecule has 0 bridgehead atoms. The van der Waals surface area contributed by atoms with Crippen LogP contribution in [0.4, 0.5) is 5.95 Å². The zero-order valence-electron chi connectivity index (χ0n) is 13.1. The van der Waals surface area contributed by atoms with Gasteiger partial charge >= 0.3 is 0 Å². The summed E-state index contributed by atoms with van der Waals surface area (Å²) in [6.07, 6.45) is 5.47. The van der Waals surface area contributed by atoms with E-state index < -0.39 is 5.41 Å². The van der Waals surface area contributed by atoms with Crippen LogP contribution in [0.2, 0.25) is 0 Å². The van der Waals surface area contributed by atoms with E-state index in [0.29, 0.717) is 38.4 Å². The Bertz CT molecular complexity index is 804. The van der Waals surface area contributed by atoms with Gasteiger partial charge in [0.2, 0.25) is 11.9 Å². The number of H-pyrrole nitrogens is 1. The van der Waals surface area contributed by atoms with Gasteiger partial charge in [0.15, 0.2) is 0 Å². The monoisotopic (exact) mass is 323 g/mol. The van der Waals surface area contributed by atoms with E-state index in [1.54, 1.807) is 23.4 Å². The van der Waals surface area contributed by atoms with E-state index in [-0.39, 0.29) is 5.91 Å². The zero-order chi connectivity index (χ0) is 16.6. The number of aromatic nitrogens is 4. The zero-order valence-corrected chi connectivity index (χ0v) is 13.1. The van der Waals surface area contributed by atoms with Crippen molar-refractivity contribution in [3.05, 3.63) is 35.4 Å². The number of anilines is 1. The number of carbonyl (C=O) groups excluding carboxylic acids is 1. The van der Waals surface area contributed by atoms with Gasteiger partial charge in [-0.25, -0.2) is 9.97 Å².